The monoisotopic (exact) mass is 343 g/mol. The van der Waals surface area contributed by atoms with Gasteiger partial charge in [-0.05, 0) is 44.2 Å². The van der Waals surface area contributed by atoms with Crippen LogP contribution in [0.15, 0.2) is 67.0 Å². The Balaban J connectivity index is 1.72. The molecule has 1 aromatic carbocycles. The number of para-hydroxylation sites is 1. The van der Waals surface area contributed by atoms with E-state index in [9.17, 15) is 0 Å². The number of hydrogen-bond donors (Lipinski definition) is 0. The number of ether oxygens (including phenoxy) is 1. The molecule has 0 amide bonds. The second-order valence-corrected chi connectivity index (χ2v) is 5.78. The molecule has 3 aromatic heterocycles. The highest BCUT2D eigenvalue weighted by atomic mass is 16.5. The average Bonchev–Trinajstić information content (AvgIpc) is 2.98. The molecular weight excluding hydrogens is 326 g/mol. The fourth-order valence-electron chi connectivity index (χ4n) is 2.68. The van der Waals surface area contributed by atoms with E-state index in [0.717, 1.165) is 28.5 Å². The van der Waals surface area contributed by atoms with Gasteiger partial charge < -0.3 is 4.74 Å². The molecule has 0 fully saturated rings. The molecule has 6 nitrogen and oxygen atoms in total. The summed E-state index contributed by atoms with van der Waals surface area (Å²) in [7, 11) is 0. The minimum atomic E-state index is 0.483. The number of pyridine rings is 1. The first-order valence-electron chi connectivity index (χ1n) is 8.26. The summed E-state index contributed by atoms with van der Waals surface area (Å²) in [5.74, 6) is 1.96. The molecule has 0 bridgehead atoms. The van der Waals surface area contributed by atoms with Gasteiger partial charge in [0.15, 0.2) is 5.75 Å². The third kappa shape index (κ3) is 3.04. The van der Waals surface area contributed by atoms with E-state index in [2.05, 4.69) is 20.1 Å². The van der Waals surface area contributed by atoms with Crippen LogP contribution < -0.4 is 4.74 Å². The molecule has 0 atom stereocenters. The van der Waals surface area contributed by atoms with Crippen LogP contribution in [0.3, 0.4) is 0 Å². The molecule has 0 unspecified atom stereocenters. The van der Waals surface area contributed by atoms with Crippen molar-refractivity contribution in [2.75, 3.05) is 0 Å². The summed E-state index contributed by atoms with van der Waals surface area (Å²) in [6, 6.07) is 17.2. The summed E-state index contributed by atoms with van der Waals surface area (Å²) in [5.41, 5.74) is 3.15. The van der Waals surface area contributed by atoms with Gasteiger partial charge in [0.05, 0.1) is 17.1 Å². The van der Waals surface area contributed by atoms with Gasteiger partial charge in [0.1, 0.15) is 11.4 Å². The molecule has 0 spiro atoms. The predicted octanol–water partition coefficient (Wildman–Crippen LogP) is 4.13. The van der Waals surface area contributed by atoms with Crippen molar-refractivity contribution in [3.05, 3.63) is 78.4 Å². The van der Waals surface area contributed by atoms with Crippen LogP contribution in [-0.4, -0.2) is 24.7 Å². The molecule has 0 radical (unpaired) electrons. The van der Waals surface area contributed by atoms with Crippen LogP contribution in [0.4, 0.5) is 0 Å². The van der Waals surface area contributed by atoms with E-state index in [-0.39, 0.29) is 0 Å². The van der Waals surface area contributed by atoms with Gasteiger partial charge in [-0.2, -0.15) is 9.78 Å². The molecule has 0 N–H and O–H groups in total. The van der Waals surface area contributed by atoms with E-state index in [0.29, 0.717) is 11.7 Å². The normalized spacial score (nSPS) is 10.7. The van der Waals surface area contributed by atoms with Crippen molar-refractivity contribution < 1.29 is 4.74 Å². The smallest absolute Gasteiger partial charge is 0.251 e. The Labute approximate surface area is 151 Å². The van der Waals surface area contributed by atoms with E-state index >= 15 is 0 Å². The van der Waals surface area contributed by atoms with Crippen LogP contribution in [0.1, 0.15) is 11.4 Å². The predicted molar refractivity (Wildman–Crippen MR) is 98.4 cm³/mol. The lowest BCUT2D eigenvalue weighted by atomic mass is 10.2. The minimum Gasteiger partial charge on any atom is -0.453 e. The van der Waals surface area contributed by atoms with Gasteiger partial charge in [0.25, 0.3) is 5.95 Å². The zero-order valence-corrected chi connectivity index (χ0v) is 14.5. The molecule has 128 valence electrons. The standard InChI is InChI=1S/C20H17N5O/c1-14-19(26-16-8-4-3-5-9-16)15(2)25(24-14)20-22-13-11-18(23-20)17-10-6-7-12-21-17/h3-13H,1-2H3. The fraction of sp³-hybridized carbons (Fsp3) is 0.100. The maximum atomic E-state index is 6.01. The summed E-state index contributed by atoms with van der Waals surface area (Å²) < 4.78 is 7.70. The van der Waals surface area contributed by atoms with Gasteiger partial charge in [-0.25, -0.2) is 9.97 Å². The van der Waals surface area contributed by atoms with Crippen LogP contribution in [0, 0.1) is 13.8 Å². The SMILES string of the molecule is Cc1nn(-c2nccc(-c3ccccn3)n2)c(C)c1Oc1ccccc1. The molecule has 0 aliphatic carbocycles. The van der Waals surface area contributed by atoms with Gasteiger partial charge in [-0.15, -0.1) is 0 Å². The lowest BCUT2D eigenvalue weighted by Crippen LogP contribution is -2.05. The van der Waals surface area contributed by atoms with E-state index in [1.54, 1.807) is 17.1 Å². The Hall–Kier alpha value is -3.54. The van der Waals surface area contributed by atoms with E-state index in [4.69, 9.17) is 4.74 Å². The molecule has 6 heteroatoms. The number of aryl methyl sites for hydroxylation is 1. The highest BCUT2D eigenvalue weighted by Gasteiger charge is 2.17. The zero-order valence-electron chi connectivity index (χ0n) is 14.5. The van der Waals surface area contributed by atoms with Crippen LogP contribution >= 0.6 is 0 Å². The molecular formula is C20H17N5O. The van der Waals surface area contributed by atoms with E-state index in [1.165, 1.54) is 0 Å². The third-order valence-electron chi connectivity index (χ3n) is 3.95. The summed E-state index contributed by atoms with van der Waals surface area (Å²) in [4.78, 5) is 13.3. The Morgan fingerprint density at radius 1 is 0.808 bits per heavy atom. The first-order chi connectivity index (χ1) is 12.7. The highest BCUT2D eigenvalue weighted by Crippen LogP contribution is 2.29. The average molecular weight is 343 g/mol. The van der Waals surface area contributed by atoms with Crippen molar-refractivity contribution in [2.24, 2.45) is 0 Å². The highest BCUT2D eigenvalue weighted by molar-refractivity contribution is 5.54. The first kappa shape index (κ1) is 16.0. The van der Waals surface area contributed by atoms with Gasteiger partial charge in [-0.1, -0.05) is 24.3 Å². The van der Waals surface area contributed by atoms with Gasteiger partial charge in [0, 0.05) is 12.4 Å². The lowest BCUT2D eigenvalue weighted by molar-refractivity contribution is 0.474. The summed E-state index contributed by atoms with van der Waals surface area (Å²) >= 11 is 0. The van der Waals surface area contributed by atoms with Gasteiger partial charge in [0.2, 0.25) is 0 Å². The fourth-order valence-corrected chi connectivity index (χ4v) is 2.68. The Morgan fingerprint density at radius 3 is 2.38 bits per heavy atom. The number of aromatic nitrogens is 5. The van der Waals surface area contributed by atoms with Crippen molar-refractivity contribution >= 4 is 0 Å². The number of rotatable bonds is 4. The van der Waals surface area contributed by atoms with Crippen molar-refractivity contribution in [1.82, 2.24) is 24.7 Å². The topological polar surface area (TPSA) is 65.7 Å². The van der Waals surface area contributed by atoms with Gasteiger partial charge in [-0.3, -0.25) is 4.98 Å². The van der Waals surface area contributed by atoms with Crippen molar-refractivity contribution in [3.8, 4) is 28.8 Å². The number of hydrogen-bond acceptors (Lipinski definition) is 5. The Kier molecular flexibility index (Phi) is 4.15. The molecule has 26 heavy (non-hydrogen) atoms. The molecule has 0 saturated heterocycles. The molecule has 3 heterocycles. The molecule has 0 saturated carbocycles. The largest absolute Gasteiger partial charge is 0.453 e. The second kappa shape index (κ2) is 6.76. The summed E-state index contributed by atoms with van der Waals surface area (Å²) in [6.07, 6.45) is 3.45. The quantitative estimate of drug-likeness (QED) is 0.557. The molecule has 4 rings (SSSR count). The summed E-state index contributed by atoms with van der Waals surface area (Å²) in [6.45, 7) is 3.85. The number of benzene rings is 1. The van der Waals surface area contributed by atoms with E-state index < -0.39 is 0 Å². The van der Waals surface area contributed by atoms with Crippen molar-refractivity contribution in [2.45, 2.75) is 13.8 Å². The molecule has 0 aliphatic heterocycles. The van der Waals surface area contributed by atoms with Gasteiger partial charge >= 0.3 is 0 Å². The summed E-state index contributed by atoms with van der Waals surface area (Å²) in [5, 5.41) is 4.56. The van der Waals surface area contributed by atoms with Crippen LogP contribution in [-0.2, 0) is 0 Å². The van der Waals surface area contributed by atoms with E-state index in [1.807, 2.05) is 68.4 Å². The van der Waals surface area contributed by atoms with Crippen LogP contribution in [0.5, 0.6) is 11.5 Å². The molecule has 0 aliphatic rings. The second-order valence-electron chi connectivity index (χ2n) is 5.78. The number of nitrogens with zero attached hydrogens (tertiary/aromatic N) is 5. The Morgan fingerprint density at radius 2 is 1.62 bits per heavy atom. The minimum absolute atomic E-state index is 0.483. The first-order valence-corrected chi connectivity index (χ1v) is 8.26. The van der Waals surface area contributed by atoms with Crippen molar-refractivity contribution in [1.29, 1.82) is 0 Å². The maximum absolute atomic E-state index is 6.01. The molecule has 4 aromatic rings. The zero-order chi connectivity index (χ0) is 17.9. The third-order valence-corrected chi connectivity index (χ3v) is 3.95. The van der Waals surface area contributed by atoms with Crippen LogP contribution in [0.25, 0.3) is 17.3 Å². The van der Waals surface area contributed by atoms with Crippen molar-refractivity contribution in [3.63, 3.8) is 0 Å². The van der Waals surface area contributed by atoms with Crippen LogP contribution in [0.2, 0.25) is 0 Å². The maximum Gasteiger partial charge on any atom is 0.251 e. The lowest BCUT2D eigenvalue weighted by Gasteiger charge is -2.07. The Bertz CT molecular complexity index is 1030.